The molecule has 0 spiro atoms. The Labute approximate surface area is 197 Å². The van der Waals surface area contributed by atoms with Crippen molar-refractivity contribution in [2.45, 2.75) is 37.8 Å². The Kier molecular flexibility index (Phi) is 6.71. The highest BCUT2D eigenvalue weighted by Gasteiger charge is 2.25. The van der Waals surface area contributed by atoms with Gasteiger partial charge in [0, 0.05) is 37.1 Å². The Morgan fingerprint density at radius 1 is 1.09 bits per heavy atom. The Bertz CT molecular complexity index is 1130. The van der Waals surface area contributed by atoms with Gasteiger partial charge in [-0.25, -0.2) is 9.18 Å². The van der Waals surface area contributed by atoms with E-state index in [4.69, 9.17) is 14.5 Å². The Balaban J connectivity index is 1.20. The molecular formula is C25H28FN5O3. The molecule has 178 valence electrons. The van der Waals surface area contributed by atoms with Crippen LogP contribution in [0.1, 0.15) is 25.7 Å². The van der Waals surface area contributed by atoms with Gasteiger partial charge in [0.25, 0.3) is 0 Å². The van der Waals surface area contributed by atoms with Gasteiger partial charge in [-0.2, -0.15) is 4.98 Å². The van der Waals surface area contributed by atoms with Crippen molar-refractivity contribution in [1.29, 1.82) is 0 Å². The number of morpholine rings is 1. The van der Waals surface area contributed by atoms with Gasteiger partial charge in [-0.3, -0.25) is 4.98 Å². The average Bonchev–Trinajstić information content (AvgIpc) is 2.87. The maximum Gasteiger partial charge on any atom is 0.319 e. The lowest BCUT2D eigenvalue weighted by atomic mass is 9.93. The number of aromatic nitrogens is 2. The van der Waals surface area contributed by atoms with Crippen LogP contribution in [0.4, 0.5) is 20.7 Å². The number of anilines is 2. The minimum Gasteiger partial charge on any atom is -0.474 e. The van der Waals surface area contributed by atoms with E-state index in [0.717, 1.165) is 55.5 Å². The molecule has 8 nitrogen and oxygen atoms in total. The molecule has 3 aromatic rings. The summed E-state index contributed by atoms with van der Waals surface area (Å²) in [5, 5.41) is 6.65. The Morgan fingerprint density at radius 3 is 2.62 bits per heavy atom. The standard InChI is InChI=1S/C25H28FN5O3/c26-17-3-5-18(6-4-17)28-25(32)29-19-7-9-20(10-8-19)34-24-21-2-1-11-27-22(21)16-23(30-24)31-12-14-33-15-13-31/h1-6,11,16,19-20H,7-10,12-15H2,(H2,28,29,32)/t19-,20+. The number of benzene rings is 1. The summed E-state index contributed by atoms with van der Waals surface area (Å²) in [6, 6.07) is 11.4. The van der Waals surface area contributed by atoms with E-state index in [9.17, 15) is 9.18 Å². The number of rotatable bonds is 5. The number of nitrogens with one attached hydrogen (secondary N) is 2. The lowest BCUT2D eigenvalue weighted by Gasteiger charge is -2.31. The second-order valence-corrected chi connectivity index (χ2v) is 8.65. The first kappa shape index (κ1) is 22.3. The van der Waals surface area contributed by atoms with Crippen molar-refractivity contribution in [2.75, 3.05) is 36.5 Å². The third-order valence-corrected chi connectivity index (χ3v) is 6.28. The number of fused-ring (bicyclic) bond motifs is 1. The van der Waals surface area contributed by atoms with Gasteiger partial charge in [0.1, 0.15) is 17.7 Å². The molecule has 9 heteroatoms. The molecule has 1 saturated heterocycles. The van der Waals surface area contributed by atoms with Crippen LogP contribution in [0, 0.1) is 5.82 Å². The number of carbonyl (C=O) groups excluding carboxylic acids is 1. The Hall–Kier alpha value is -3.46. The summed E-state index contributed by atoms with van der Waals surface area (Å²) in [7, 11) is 0. The summed E-state index contributed by atoms with van der Waals surface area (Å²) < 4.78 is 24.9. The minimum atomic E-state index is -0.335. The third-order valence-electron chi connectivity index (χ3n) is 6.28. The molecule has 5 rings (SSSR count). The molecule has 34 heavy (non-hydrogen) atoms. The van der Waals surface area contributed by atoms with E-state index in [-0.39, 0.29) is 24.0 Å². The summed E-state index contributed by atoms with van der Waals surface area (Å²) in [4.78, 5) is 23.9. The first-order valence-electron chi connectivity index (χ1n) is 11.7. The van der Waals surface area contributed by atoms with E-state index in [1.54, 1.807) is 6.20 Å². The number of nitrogens with zero attached hydrogens (tertiary/aromatic N) is 3. The average molecular weight is 466 g/mol. The quantitative estimate of drug-likeness (QED) is 0.589. The fraction of sp³-hybridized carbons (Fsp3) is 0.400. The molecule has 2 aliphatic rings. The summed E-state index contributed by atoms with van der Waals surface area (Å²) in [5.41, 5.74) is 1.42. The highest BCUT2D eigenvalue weighted by atomic mass is 19.1. The number of halogens is 1. The summed E-state index contributed by atoms with van der Waals surface area (Å²) in [5.74, 6) is 1.13. The monoisotopic (exact) mass is 465 g/mol. The Morgan fingerprint density at radius 2 is 1.85 bits per heavy atom. The van der Waals surface area contributed by atoms with Crippen LogP contribution >= 0.6 is 0 Å². The molecule has 1 aliphatic heterocycles. The summed E-state index contributed by atoms with van der Waals surface area (Å²) >= 11 is 0. The zero-order chi connectivity index (χ0) is 23.3. The van der Waals surface area contributed by atoms with E-state index < -0.39 is 0 Å². The topological polar surface area (TPSA) is 88.6 Å². The number of hydrogen-bond donors (Lipinski definition) is 2. The largest absolute Gasteiger partial charge is 0.474 e. The van der Waals surface area contributed by atoms with Gasteiger partial charge in [-0.1, -0.05) is 0 Å². The summed E-state index contributed by atoms with van der Waals surface area (Å²) in [6.07, 6.45) is 5.04. The smallest absolute Gasteiger partial charge is 0.319 e. The number of urea groups is 1. The molecule has 0 unspecified atom stereocenters. The predicted octanol–water partition coefficient (Wildman–Crippen LogP) is 4.12. The molecule has 0 atom stereocenters. The maximum atomic E-state index is 13.0. The van der Waals surface area contributed by atoms with Gasteiger partial charge in [-0.05, 0) is 62.1 Å². The number of ether oxygens (including phenoxy) is 2. The van der Waals surface area contributed by atoms with Crippen molar-refractivity contribution in [1.82, 2.24) is 15.3 Å². The van der Waals surface area contributed by atoms with Crippen molar-refractivity contribution in [3.63, 3.8) is 0 Å². The first-order valence-corrected chi connectivity index (χ1v) is 11.7. The van der Waals surface area contributed by atoms with Crippen LogP contribution in [0.15, 0.2) is 48.7 Å². The van der Waals surface area contributed by atoms with Crippen molar-refractivity contribution in [2.24, 2.45) is 0 Å². The second-order valence-electron chi connectivity index (χ2n) is 8.65. The molecule has 0 radical (unpaired) electrons. The zero-order valence-corrected chi connectivity index (χ0v) is 18.9. The molecule has 0 bridgehead atoms. The van der Waals surface area contributed by atoms with Crippen molar-refractivity contribution < 1.29 is 18.7 Å². The molecule has 2 aromatic heterocycles. The molecule has 2 fully saturated rings. The van der Waals surface area contributed by atoms with Crippen molar-refractivity contribution in [3.8, 4) is 5.88 Å². The van der Waals surface area contributed by atoms with E-state index in [1.807, 2.05) is 18.2 Å². The van der Waals surface area contributed by atoms with Crippen LogP contribution in [0.2, 0.25) is 0 Å². The highest BCUT2D eigenvalue weighted by molar-refractivity contribution is 5.89. The van der Waals surface area contributed by atoms with Gasteiger partial charge in [0.15, 0.2) is 0 Å². The van der Waals surface area contributed by atoms with Crippen LogP contribution in [-0.4, -0.2) is 54.4 Å². The van der Waals surface area contributed by atoms with Crippen molar-refractivity contribution >= 4 is 28.4 Å². The molecule has 1 saturated carbocycles. The number of carbonyl (C=O) groups is 1. The van der Waals surface area contributed by atoms with Crippen molar-refractivity contribution in [3.05, 3.63) is 54.5 Å². The van der Waals surface area contributed by atoms with Crippen LogP contribution in [-0.2, 0) is 4.74 Å². The zero-order valence-electron chi connectivity index (χ0n) is 18.9. The molecule has 3 heterocycles. The number of amides is 2. The SMILES string of the molecule is O=C(Nc1ccc(F)cc1)N[C@H]1CC[C@@H](Oc2nc(N3CCOCC3)cc3ncccc23)CC1. The van der Waals surface area contributed by atoms with Crippen LogP contribution in [0.3, 0.4) is 0 Å². The van der Waals surface area contributed by atoms with E-state index in [1.165, 1.54) is 24.3 Å². The van der Waals surface area contributed by atoms with Gasteiger partial charge in [0.2, 0.25) is 5.88 Å². The molecule has 2 amide bonds. The normalized spacial score (nSPS) is 20.7. The second kappa shape index (κ2) is 10.2. The third kappa shape index (κ3) is 5.36. The summed E-state index contributed by atoms with van der Waals surface area (Å²) in [6.45, 7) is 2.96. The van der Waals surface area contributed by atoms with Gasteiger partial charge < -0.3 is 25.0 Å². The van der Waals surface area contributed by atoms with Crippen LogP contribution < -0.4 is 20.3 Å². The number of pyridine rings is 2. The van der Waals surface area contributed by atoms with Crippen LogP contribution in [0.25, 0.3) is 10.9 Å². The van der Waals surface area contributed by atoms with Crippen LogP contribution in [0.5, 0.6) is 5.88 Å². The van der Waals surface area contributed by atoms with Gasteiger partial charge in [-0.15, -0.1) is 0 Å². The molecule has 2 N–H and O–H groups in total. The molecular weight excluding hydrogens is 437 g/mol. The lowest BCUT2D eigenvalue weighted by Crippen LogP contribution is -2.41. The first-order chi connectivity index (χ1) is 16.6. The molecule has 1 aromatic carbocycles. The number of hydrogen-bond acceptors (Lipinski definition) is 6. The minimum absolute atomic E-state index is 0.0223. The molecule has 1 aliphatic carbocycles. The van der Waals surface area contributed by atoms with E-state index >= 15 is 0 Å². The maximum absolute atomic E-state index is 13.0. The van der Waals surface area contributed by atoms with Gasteiger partial charge >= 0.3 is 6.03 Å². The predicted molar refractivity (Wildman–Crippen MR) is 128 cm³/mol. The fourth-order valence-electron chi connectivity index (χ4n) is 4.45. The fourth-order valence-corrected chi connectivity index (χ4v) is 4.45. The lowest BCUT2D eigenvalue weighted by molar-refractivity contribution is 0.121. The van der Waals surface area contributed by atoms with E-state index in [2.05, 4.69) is 20.5 Å². The highest BCUT2D eigenvalue weighted by Crippen LogP contribution is 2.31. The van der Waals surface area contributed by atoms with Gasteiger partial charge in [0.05, 0.1) is 24.1 Å². The van der Waals surface area contributed by atoms with E-state index in [0.29, 0.717) is 24.8 Å².